The van der Waals surface area contributed by atoms with Crippen LogP contribution in [0.5, 0.6) is 0 Å². The first-order valence-corrected chi connectivity index (χ1v) is 9.10. The van der Waals surface area contributed by atoms with Crippen LogP contribution >= 0.6 is 0 Å². The molecule has 0 unspecified atom stereocenters. The van der Waals surface area contributed by atoms with Gasteiger partial charge in [-0.25, -0.2) is 8.42 Å². The Morgan fingerprint density at radius 3 is 2.33 bits per heavy atom. The first-order chi connectivity index (χ1) is 9.93. The highest BCUT2D eigenvalue weighted by Crippen LogP contribution is 2.38. The van der Waals surface area contributed by atoms with Crippen LogP contribution in [0.4, 0.5) is 0 Å². The van der Waals surface area contributed by atoms with E-state index in [0.717, 1.165) is 36.8 Å². The Morgan fingerprint density at radius 2 is 1.81 bits per heavy atom. The fraction of sp³-hybridized carbons (Fsp3) is 0.625. The molecule has 0 heterocycles. The normalized spacial score (nSPS) is 19.2. The molecular weight excluding hydrogens is 286 g/mol. The molecule has 0 atom stereocenters. The second-order valence-corrected chi connectivity index (χ2v) is 8.31. The Morgan fingerprint density at radius 1 is 1.14 bits per heavy atom. The van der Waals surface area contributed by atoms with E-state index in [1.807, 2.05) is 19.9 Å². The molecule has 116 valence electrons. The third kappa shape index (κ3) is 3.00. The van der Waals surface area contributed by atoms with Crippen molar-refractivity contribution in [2.24, 2.45) is 5.92 Å². The molecular formula is C16H23NO3S. The Kier molecular flexibility index (Phi) is 3.84. The van der Waals surface area contributed by atoms with Gasteiger partial charge in [-0.3, -0.25) is 0 Å². The average Bonchev–Trinajstić information content (AvgIpc) is 3.28. The van der Waals surface area contributed by atoms with Gasteiger partial charge in [-0.2, -0.15) is 4.31 Å². The van der Waals surface area contributed by atoms with Crippen LogP contribution in [-0.4, -0.2) is 30.4 Å². The summed E-state index contributed by atoms with van der Waals surface area (Å²) in [6, 6.07) is 3.71. The van der Waals surface area contributed by atoms with Crippen LogP contribution in [0.15, 0.2) is 17.0 Å². The molecule has 0 spiro atoms. The van der Waals surface area contributed by atoms with Crippen LogP contribution in [0.25, 0.3) is 0 Å². The molecule has 0 aromatic heterocycles. The minimum Gasteiger partial charge on any atom is -0.392 e. The molecule has 0 bridgehead atoms. The maximum atomic E-state index is 13.0. The first kappa shape index (κ1) is 15.0. The van der Waals surface area contributed by atoms with E-state index in [-0.39, 0.29) is 12.6 Å². The molecule has 2 fully saturated rings. The molecule has 4 nitrogen and oxygen atoms in total. The van der Waals surface area contributed by atoms with Crippen LogP contribution in [0.3, 0.4) is 0 Å². The lowest BCUT2D eigenvalue weighted by Crippen LogP contribution is -2.35. The second-order valence-electron chi connectivity index (χ2n) is 6.45. The number of aliphatic hydroxyl groups is 1. The Bertz CT molecular complexity index is 646. The Hall–Kier alpha value is -0.910. The number of benzene rings is 1. The quantitative estimate of drug-likeness (QED) is 0.877. The molecule has 2 aliphatic carbocycles. The molecule has 21 heavy (non-hydrogen) atoms. The van der Waals surface area contributed by atoms with Gasteiger partial charge < -0.3 is 5.11 Å². The van der Waals surface area contributed by atoms with Gasteiger partial charge in [-0.15, -0.1) is 0 Å². The summed E-state index contributed by atoms with van der Waals surface area (Å²) in [5.41, 5.74) is 2.40. The van der Waals surface area contributed by atoms with Gasteiger partial charge in [-0.05, 0) is 68.2 Å². The SMILES string of the molecule is Cc1cc(C)c(S(=O)(=O)N(CC2CC2)C2CC2)cc1CO. The monoisotopic (exact) mass is 309 g/mol. The maximum Gasteiger partial charge on any atom is 0.243 e. The van der Waals surface area contributed by atoms with E-state index < -0.39 is 10.0 Å². The first-order valence-electron chi connectivity index (χ1n) is 7.66. The van der Waals surface area contributed by atoms with Crippen molar-refractivity contribution in [3.05, 3.63) is 28.8 Å². The van der Waals surface area contributed by atoms with Crippen molar-refractivity contribution in [3.63, 3.8) is 0 Å². The fourth-order valence-electron chi connectivity index (χ4n) is 2.81. The highest BCUT2D eigenvalue weighted by atomic mass is 32.2. The van der Waals surface area contributed by atoms with Crippen molar-refractivity contribution in [1.82, 2.24) is 4.31 Å². The van der Waals surface area contributed by atoms with Crippen LogP contribution < -0.4 is 0 Å². The van der Waals surface area contributed by atoms with Crippen molar-refractivity contribution < 1.29 is 13.5 Å². The lowest BCUT2D eigenvalue weighted by atomic mass is 10.1. The van der Waals surface area contributed by atoms with Crippen molar-refractivity contribution >= 4 is 10.0 Å². The Balaban J connectivity index is 1.99. The van der Waals surface area contributed by atoms with E-state index >= 15 is 0 Å². The van der Waals surface area contributed by atoms with E-state index in [4.69, 9.17) is 0 Å². The predicted octanol–water partition coefficient (Wildman–Crippen LogP) is 2.36. The van der Waals surface area contributed by atoms with E-state index in [1.54, 1.807) is 10.4 Å². The largest absolute Gasteiger partial charge is 0.392 e. The van der Waals surface area contributed by atoms with Crippen LogP contribution in [0, 0.1) is 19.8 Å². The van der Waals surface area contributed by atoms with Gasteiger partial charge in [0.15, 0.2) is 0 Å². The fourth-order valence-corrected chi connectivity index (χ4v) is 4.83. The summed E-state index contributed by atoms with van der Waals surface area (Å²) in [4.78, 5) is 0.365. The number of hydrogen-bond donors (Lipinski definition) is 1. The zero-order chi connectivity index (χ0) is 15.2. The second kappa shape index (κ2) is 5.38. The number of hydrogen-bond acceptors (Lipinski definition) is 3. The Labute approximate surface area is 126 Å². The third-order valence-electron chi connectivity index (χ3n) is 4.48. The summed E-state index contributed by atoms with van der Waals surface area (Å²) in [5, 5.41) is 9.41. The summed E-state index contributed by atoms with van der Waals surface area (Å²) >= 11 is 0. The number of aryl methyl sites for hydroxylation is 2. The summed E-state index contributed by atoms with van der Waals surface area (Å²) in [6.45, 7) is 4.27. The lowest BCUT2D eigenvalue weighted by Gasteiger charge is -2.23. The molecule has 2 aliphatic rings. The zero-order valence-corrected chi connectivity index (χ0v) is 13.5. The van der Waals surface area contributed by atoms with Crippen molar-refractivity contribution in [1.29, 1.82) is 0 Å². The topological polar surface area (TPSA) is 57.6 Å². The van der Waals surface area contributed by atoms with Gasteiger partial charge >= 0.3 is 0 Å². The van der Waals surface area contributed by atoms with Crippen molar-refractivity contribution in [2.75, 3.05) is 6.54 Å². The zero-order valence-electron chi connectivity index (χ0n) is 12.7. The number of aliphatic hydroxyl groups excluding tert-OH is 1. The molecule has 1 aromatic carbocycles. The van der Waals surface area contributed by atoms with E-state index in [0.29, 0.717) is 22.9 Å². The van der Waals surface area contributed by atoms with E-state index in [1.165, 1.54) is 0 Å². The standard InChI is InChI=1S/C16H23NO3S/c1-11-7-12(2)16(8-14(11)10-18)21(19,20)17(15-5-6-15)9-13-3-4-13/h7-8,13,15,18H,3-6,9-10H2,1-2H3. The minimum absolute atomic E-state index is 0.124. The number of rotatable bonds is 6. The molecule has 0 amide bonds. The molecule has 1 aromatic rings. The molecule has 0 aliphatic heterocycles. The summed E-state index contributed by atoms with van der Waals surface area (Å²) < 4.78 is 27.8. The van der Waals surface area contributed by atoms with Gasteiger partial charge in [0.2, 0.25) is 10.0 Å². The van der Waals surface area contributed by atoms with E-state index in [9.17, 15) is 13.5 Å². The van der Waals surface area contributed by atoms with Gasteiger partial charge in [0, 0.05) is 12.6 Å². The van der Waals surface area contributed by atoms with Crippen LogP contribution in [-0.2, 0) is 16.6 Å². The van der Waals surface area contributed by atoms with E-state index in [2.05, 4.69) is 0 Å². The van der Waals surface area contributed by atoms with Gasteiger partial charge in [0.25, 0.3) is 0 Å². The highest BCUT2D eigenvalue weighted by Gasteiger charge is 2.41. The minimum atomic E-state index is -3.45. The van der Waals surface area contributed by atoms with Crippen LogP contribution in [0.2, 0.25) is 0 Å². The molecule has 1 N–H and O–H groups in total. The van der Waals surface area contributed by atoms with Crippen molar-refractivity contribution in [3.8, 4) is 0 Å². The summed E-state index contributed by atoms with van der Waals surface area (Å²) in [5.74, 6) is 0.545. The molecule has 0 saturated heterocycles. The van der Waals surface area contributed by atoms with Gasteiger partial charge in [-0.1, -0.05) is 6.07 Å². The molecule has 2 saturated carbocycles. The maximum absolute atomic E-state index is 13.0. The third-order valence-corrected chi connectivity index (χ3v) is 6.54. The average molecular weight is 309 g/mol. The van der Waals surface area contributed by atoms with Gasteiger partial charge in [0.05, 0.1) is 11.5 Å². The lowest BCUT2D eigenvalue weighted by molar-refractivity contribution is 0.280. The van der Waals surface area contributed by atoms with Crippen molar-refractivity contribution in [2.45, 2.75) is 57.1 Å². The summed E-state index contributed by atoms with van der Waals surface area (Å²) in [7, 11) is -3.45. The molecule has 3 rings (SSSR count). The number of sulfonamides is 1. The van der Waals surface area contributed by atoms with Crippen LogP contribution in [0.1, 0.15) is 42.4 Å². The van der Waals surface area contributed by atoms with Gasteiger partial charge in [0.1, 0.15) is 0 Å². The smallest absolute Gasteiger partial charge is 0.243 e. The molecule has 5 heteroatoms. The summed E-state index contributed by atoms with van der Waals surface area (Å²) in [6.07, 6.45) is 4.24. The molecule has 0 radical (unpaired) electrons. The number of nitrogens with zero attached hydrogens (tertiary/aromatic N) is 1. The highest BCUT2D eigenvalue weighted by molar-refractivity contribution is 7.89. The predicted molar refractivity (Wildman–Crippen MR) is 81.5 cm³/mol.